The number of hydrogen-bond donors (Lipinski definition) is 4. The number of primary amides is 1. The molecule has 5 N–H and O–H groups in total. The number of benzene rings is 1. The standard InChI is InChI=1S/C16H19N3O.C4H6O4/c1-19-8-10(16(17)20)5-12-11-3-2-4-13-15(11)9(7-18-13)6-14(12)19;5-3(6)1-2-4(7)8/h2-4,7,10,12,14,18H,5-6,8H2,1H3,(H2,17,20);1-2H2,(H,5,6)(H,7,8)/t10?,12-,14-;/m1./s1. The molecule has 150 valence electrons. The Balaban J connectivity index is 0.000000242. The number of H-pyrrole nitrogens is 1. The lowest BCUT2D eigenvalue weighted by Gasteiger charge is -2.44. The summed E-state index contributed by atoms with van der Waals surface area (Å²) < 4.78 is 0. The van der Waals surface area contributed by atoms with Gasteiger partial charge in [0, 0.05) is 35.6 Å². The first-order valence-electron chi connectivity index (χ1n) is 9.30. The number of carbonyl (C=O) groups is 3. The lowest BCUT2D eigenvalue weighted by molar-refractivity contribution is -0.143. The zero-order chi connectivity index (χ0) is 20.4. The molecule has 1 saturated heterocycles. The number of amides is 1. The van der Waals surface area contributed by atoms with Crippen molar-refractivity contribution in [2.75, 3.05) is 13.6 Å². The van der Waals surface area contributed by atoms with E-state index in [9.17, 15) is 14.4 Å². The van der Waals surface area contributed by atoms with Crippen LogP contribution in [0.4, 0.5) is 0 Å². The molecule has 0 bridgehead atoms. The molecule has 1 aliphatic carbocycles. The molecule has 1 unspecified atom stereocenters. The second kappa shape index (κ2) is 8.02. The van der Waals surface area contributed by atoms with Gasteiger partial charge in [-0.3, -0.25) is 14.4 Å². The lowest BCUT2D eigenvalue weighted by Crippen LogP contribution is -2.50. The van der Waals surface area contributed by atoms with Crippen molar-refractivity contribution in [3.63, 3.8) is 0 Å². The van der Waals surface area contributed by atoms with Gasteiger partial charge in [-0.1, -0.05) is 12.1 Å². The van der Waals surface area contributed by atoms with Gasteiger partial charge < -0.3 is 25.8 Å². The highest BCUT2D eigenvalue weighted by Crippen LogP contribution is 2.44. The van der Waals surface area contributed by atoms with E-state index in [1.807, 2.05) is 0 Å². The van der Waals surface area contributed by atoms with Crippen molar-refractivity contribution < 1.29 is 24.6 Å². The van der Waals surface area contributed by atoms with Gasteiger partial charge in [0.2, 0.25) is 5.91 Å². The van der Waals surface area contributed by atoms with Crippen molar-refractivity contribution >= 4 is 28.7 Å². The SMILES string of the molecule is CN1CC(C(N)=O)C[C@@H]2c3cccc4[nH]cc(c34)C[C@H]21.O=C(O)CCC(=O)O. The fourth-order valence-corrected chi connectivity index (χ4v) is 4.36. The summed E-state index contributed by atoms with van der Waals surface area (Å²) >= 11 is 0. The molecule has 2 aliphatic rings. The molecule has 4 rings (SSSR count). The molecule has 0 radical (unpaired) electrons. The molecule has 3 atom stereocenters. The highest BCUT2D eigenvalue weighted by atomic mass is 16.4. The van der Waals surface area contributed by atoms with E-state index < -0.39 is 11.9 Å². The lowest BCUT2D eigenvalue weighted by atomic mass is 9.72. The summed E-state index contributed by atoms with van der Waals surface area (Å²) in [7, 11) is 2.12. The monoisotopic (exact) mass is 387 g/mol. The van der Waals surface area contributed by atoms with E-state index in [-0.39, 0.29) is 24.7 Å². The zero-order valence-corrected chi connectivity index (χ0v) is 15.7. The van der Waals surface area contributed by atoms with Crippen LogP contribution < -0.4 is 5.73 Å². The number of aliphatic carboxylic acids is 2. The van der Waals surface area contributed by atoms with Gasteiger partial charge >= 0.3 is 11.9 Å². The summed E-state index contributed by atoms with van der Waals surface area (Å²) in [6, 6.07) is 6.93. The predicted octanol–water partition coefficient (Wildman–Crippen LogP) is 1.55. The Labute approximate surface area is 162 Å². The third-order valence-electron chi connectivity index (χ3n) is 5.68. The zero-order valence-electron chi connectivity index (χ0n) is 15.7. The third kappa shape index (κ3) is 4.01. The Morgan fingerprint density at radius 1 is 1.21 bits per heavy atom. The third-order valence-corrected chi connectivity index (χ3v) is 5.68. The van der Waals surface area contributed by atoms with E-state index in [0.29, 0.717) is 12.0 Å². The van der Waals surface area contributed by atoms with E-state index in [1.165, 1.54) is 22.0 Å². The number of nitrogens with two attached hydrogens (primary N) is 1. The number of carboxylic acids is 2. The normalized spacial score (nSPS) is 23.4. The number of piperidine rings is 1. The van der Waals surface area contributed by atoms with Gasteiger partial charge in [-0.05, 0) is 37.1 Å². The van der Waals surface area contributed by atoms with E-state index in [4.69, 9.17) is 15.9 Å². The first-order valence-corrected chi connectivity index (χ1v) is 9.30. The summed E-state index contributed by atoms with van der Waals surface area (Å²) in [5, 5.41) is 17.2. The molecule has 8 nitrogen and oxygen atoms in total. The average molecular weight is 387 g/mol. The molecule has 1 fully saturated rings. The van der Waals surface area contributed by atoms with Crippen molar-refractivity contribution in [1.82, 2.24) is 9.88 Å². The Hall–Kier alpha value is -2.87. The number of hydrogen-bond acceptors (Lipinski definition) is 4. The maximum Gasteiger partial charge on any atom is 0.303 e. The van der Waals surface area contributed by atoms with Crippen molar-refractivity contribution in [3.05, 3.63) is 35.5 Å². The Morgan fingerprint density at radius 2 is 1.89 bits per heavy atom. The van der Waals surface area contributed by atoms with E-state index in [2.05, 4.69) is 41.3 Å². The summed E-state index contributed by atoms with van der Waals surface area (Å²) in [5.41, 5.74) is 9.55. The predicted molar refractivity (Wildman–Crippen MR) is 103 cm³/mol. The average Bonchev–Trinajstić information content (AvgIpc) is 3.06. The van der Waals surface area contributed by atoms with Crippen molar-refractivity contribution in [3.8, 4) is 0 Å². The van der Waals surface area contributed by atoms with Gasteiger partial charge in [0.1, 0.15) is 0 Å². The maximum atomic E-state index is 11.6. The molecule has 2 aromatic rings. The van der Waals surface area contributed by atoms with Crippen molar-refractivity contribution in [1.29, 1.82) is 0 Å². The molecule has 1 aromatic heterocycles. The molecular formula is C20H25N3O5. The number of nitrogens with zero attached hydrogens (tertiary/aromatic N) is 1. The smallest absolute Gasteiger partial charge is 0.303 e. The van der Waals surface area contributed by atoms with Crippen LogP contribution in [0.1, 0.15) is 36.3 Å². The number of aromatic nitrogens is 1. The summed E-state index contributed by atoms with van der Waals surface area (Å²) in [4.78, 5) is 36.6. The molecule has 1 aliphatic heterocycles. The fraction of sp³-hybridized carbons (Fsp3) is 0.450. The number of nitrogens with one attached hydrogen (secondary N) is 1. The quantitative estimate of drug-likeness (QED) is 0.628. The molecule has 28 heavy (non-hydrogen) atoms. The van der Waals surface area contributed by atoms with Crippen LogP contribution in [0.15, 0.2) is 24.4 Å². The Kier molecular flexibility index (Phi) is 5.69. The summed E-state index contributed by atoms with van der Waals surface area (Å²) in [6.45, 7) is 0.784. The van der Waals surface area contributed by atoms with E-state index in [1.54, 1.807) is 0 Å². The van der Waals surface area contributed by atoms with Gasteiger partial charge in [0.25, 0.3) is 0 Å². The van der Waals surface area contributed by atoms with Crippen LogP contribution in [-0.2, 0) is 20.8 Å². The van der Waals surface area contributed by atoms with E-state index >= 15 is 0 Å². The molecule has 2 heterocycles. The van der Waals surface area contributed by atoms with Crippen LogP contribution in [0, 0.1) is 5.92 Å². The highest BCUT2D eigenvalue weighted by molar-refractivity contribution is 5.88. The van der Waals surface area contributed by atoms with Crippen LogP contribution in [0.2, 0.25) is 0 Å². The van der Waals surface area contributed by atoms with Crippen molar-refractivity contribution in [2.45, 2.75) is 37.6 Å². The molecule has 1 aromatic carbocycles. The van der Waals surface area contributed by atoms with Crippen molar-refractivity contribution in [2.24, 2.45) is 11.7 Å². The molecule has 0 saturated carbocycles. The van der Waals surface area contributed by atoms with Gasteiger partial charge in [0.05, 0.1) is 18.8 Å². The van der Waals surface area contributed by atoms with Gasteiger partial charge in [0.15, 0.2) is 0 Å². The molecule has 1 amide bonds. The Bertz CT molecular complexity index is 892. The maximum absolute atomic E-state index is 11.6. The number of carboxylic acid groups (broad SMARTS) is 2. The number of likely N-dealkylation sites (tertiary alicyclic amines) is 1. The number of likely N-dealkylation sites (N-methyl/N-ethyl adjacent to an activating group) is 1. The molecular weight excluding hydrogens is 362 g/mol. The minimum atomic E-state index is -1.08. The number of carbonyl (C=O) groups excluding carboxylic acids is 1. The summed E-state index contributed by atoms with van der Waals surface area (Å²) in [5.74, 6) is -1.93. The van der Waals surface area contributed by atoms with Crippen LogP contribution in [0.25, 0.3) is 10.9 Å². The van der Waals surface area contributed by atoms with Gasteiger partial charge in [-0.15, -0.1) is 0 Å². The van der Waals surface area contributed by atoms with Crippen LogP contribution in [0.5, 0.6) is 0 Å². The van der Waals surface area contributed by atoms with E-state index in [0.717, 1.165) is 19.4 Å². The Morgan fingerprint density at radius 3 is 2.50 bits per heavy atom. The summed E-state index contributed by atoms with van der Waals surface area (Å²) in [6.07, 6.45) is 3.49. The topological polar surface area (TPSA) is 137 Å². The van der Waals surface area contributed by atoms with Crippen LogP contribution >= 0.6 is 0 Å². The fourth-order valence-electron chi connectivity index (χ4n) is 4.36. The largest absolute Gasteiger partial charge is 0.481 e. The minimum absolute atomic E-state index is 0.0306. The van der Waals surface area contributed by atoms with Gasteiger partial charge in [-0.2, -0.15) is 0 Å². The second-order valence-corrected chi connectivity index (χ2v) is 7.52. The van der Waals surface area contributed by atoms with Crippen LogP contribution in [-0.4, -0.2) is 57.6 Å². The first kappa shape index (κ1) is 19.9. The number of fused-ring (bicyclic) bond motifs is 2. The highest BCUT2D eigenvalue weighted by Gasteiger charge is 2.40. The number of aromatic amines is 1. The minimum Gasteiger partial charge on any atom is -0.481 e. The molecule has 8 heteroatoms. The first-order chi connectivity index (χ1) is 13.3. The van der Waals surface area contributed by atoms with Gasteiger partial charge in [-0.25, -0.2) is 0 Å². The molecule has 0 spiro atoms. The second-order valence-electron chi connectivity index (χ2n) is 7.52. The number of rotatable bonds is 4. The van der Waals surface area contributed by atoms with Crippen LogP contribution in [0.3, 0.4) is 0 Å².